The first-order valence-electron chi connectivity index (χ1n) is 5.30. The van der Waals surface area contributed by atoms with Gasteiger partial charge in [-0.15, -0.1) is 0 Å². The van der Waals surface area contributed by atoms with Gasteiger partial charge in [-0.1, -0.05) is 24.3 Å². The highest BCUT2D eigenvalue weighted by molar-refractivity contribution is 5.69. The smallest absolute Gasteiger partial charge is 0.0367 e. The molecular weight excluding hydrogens is 196 g/mol. The molecule has 0 atom stereocenters. The molecule has 0 unspecified atom stereocenters. The van der Waals surface area contributed by atoms with Crippen LogP contribution in [0.5, 0.6) is 0 Å². The van der Waals surface area contributed by atoms with Crippen LogP contribution in [0.4, 0.5) is 11.4 Å². The maximum Gasteiger partial charge on any atom is 0.0367 e. The van der Waals surface area contributed by atoms with Crippen LogP contribution in [0.25, 0.3) is 11.1 Å². The molecule has 0 saturated heterocycles. The molecule has 0 radical (unpaired) electrons. The van der Waals surface area contributed by atoms with Gasteiger partial charge in [0.2, 0.25) is 0 Å². The lowest BCUT2D eigenvalue weighted by Crippen LogP contribution is -2.08. The summed E-state index contributed by atoms with van der Waals surface area (Å²) in [5, 5.41) is 0. The van der Waals surface area contributed by atoms with Crippen LogP contribution >= 0.6 is 0 Å². The number of rotatable bonds is 2. The Morgan fingerprint density at radius 1 is 0.875 bits per heavy atom. The molecule has 0 amide bonds. The Balaban J connectivity index is 2.40. The molecule has 0 aliphatic heterocycles. The molecule has 0 fully saturated rings. The Morgan fingerprint density at radius 3 is 2.19 bits per heavy atom. The van der Waals surface area contributed by atoms with Gasteiger partial charge in [-0.25, -0.2) is 0 Å². The predicted octanol–water partition coefficient (Wildman–Crippen LogP) is 3.00. The molecule has 0 aliphatic carbocycles. The van der Waals surface area contributed by atoms with E-state index in [4.69, 9.17) is 5.73 Å². The molecule has 82 valence electrons. The monoisotopic (exact) mass is 212 g/mol. The van der Waals surface area contributed by atoms with Gasteiger partial charge < -0.3 is 10.6 Å². The van der Waals surface area contributed by atoms with Crippen molar-refractivity contribution in [3.63, 3.8) is 0 Å². The maximum atomic E-state index is 5.67. The van der Waals surface area contributed by atoms with E-state index in [2.05, 4.69) is 29.2 Å². The lowest BCUT2D eigenvalue weighted by atomic mass is 10.0. The molecule has 0 saturated carbocycles. The molecule has 2 aromatic rings. The third-order valence-electron chi connectivity index (χ3n) is 2.61. The van der Waals surface area contributed by atoms with Crippen LogP contribution in [0.3, 0.4) is 0 Å². The Labute approximate surface area is 96.3 Å². The lowest BCUT2D eigenvalue weighted by Gasteiger charge is -2.13. The first kappa shape index (κ1) is 10.6. The van der Waals surface area contributed by atoms with Gasteiger partial charge in [-0.3, -0.25) is 0 Å². The number of anilines is 2. The van der Waals surface area contributed by atoms with Gasteiger partial charge in [0.25, 0.3) is 0 Å². The van der Waals surface area contributed by atoms with E-state index in [1.165, 1.54) is 16.8 Å². The summed E-state index contributed by atoms with van der Waals surface area (Å²) in [6.07, 6.45) is 0. The second-order valence-electron chi connectivity index (χ2n) is 4.07. The zero-order chi connectivity index (χ0) is 11.5. The van der Waals surface area contributed by atoms with Gasteiger partial charge >= 0.3 is 0 Å². The summed E-state index contributed by atoms with van der Waals surface area (Å²) >= 11 is 0. The highest BCUT2D eigenvalue weighted by Crippen LogP contribution is 2.24. The summed E-state index contributed by atoms with van der Waals surface area (Å²) < 4.78 is 0. The largest absolute Gasteiger partial charge is 0.399 e. The molecule has 2 rings (SSSR count). The average Bonchev–Trinajstić information content (AvgIpc) is 2.30. The van der Waals surface area contributed by atoms with Crippen LogP contribution in [0.15, 0.2) is 48.5 Å². The van der Waals surface area contributed by atoms with Gasteiger partial charge in [0.15, 0.2) is 0 Å². The van der Waals surface area contributed by atoms with E-state index in [9.17, 15) is 0 Å². The van der Waals surface area contributed by atoms with E-state index in [1.54, 1.807) is 0 Å². The molecule has 0 heterocycles. The Bertz CT molecular complexity index is 472. The second-order valence-corrected chi connectivity index (χ2v) is 4.07. The molecule has 0 aromatic heterocycles. The summed E-state index contributed by atoms with van der Waals surface area (Å²) in [5.41, 5.74) is 10.1. The number of nitrogens with zero attached hydrogens (tertiary/aromatic N) is 1. The molecule has 2 nitrogen and oxygen atoms in total. The van der Waals surface area contributed by atoms with Gasteiger partial charge in [0.05, 0.1) is 0 Å². The quantitative estimate of drug-likeness (QED) is 0.775. The highest BCUT2D eigenvalue weighted by Gasteiger charge is 2.00. The van der Waals surface area contributed by atoms with Crippen molar-refractivity contribution < 1.29 is 0 Å². The molecule has 2 N–H and O–H groups in total. The normalized spacial score (nSPS) is 10.1. The topological polar surface area (TPSA) is 29.3 Å². The summed E-state index contributed by atoms with van der Waals surface area (Å²) in [5.74, 6) is 0. The zero-order valence-electron chi connectivity index (χ0n) is 9.64. The van der Waals surface area contributed by atoms with Crippen LogP contribution in [-0.2, 0) is 0 Å². The fraction of sp³-hybridized carbons (Fsp3) is 0.143. The molecule has 2 heteroatoms. The minimum absolute atomic E-state index is 0.799. The third kappa shape index (κ3) is 2.16. The fourth-order valence-corrected chi connectivity index (χ4v) is 1.64. The Kier molecular flexibility index (Phi) is 2.82. The van der Waals surface area contributed by atoms with Crippen molar-refractivity contribution in [2.75, 3.05) is 24.7 Å². The average molecular weight is 212 g/mol. The third-order valence-corrected chi connectivity index (χ3v) is 2.61. The van der Waals surface area contributed by atoms with E-state index in [0.29, 0.717) is 0 Å². The summed E-state index contributed by atoms with van der Waals surface area (Å²) in [4.78, 5) is 2.10. The van der Waals surface area contributed by atoms with Crippen molar-refractivity contribution in [3.8, 4) is 11.1 Å². The lowest BCUT2D eigenvalue weighted by molar-refractivity contribution is 1.13. The zero-order valence-corrected chi connectivity index (χ0v) is 9.64. The van der Waals surface area contributed by atoms with Crippen molar-refractivity contribution in [2.45, 2.75) is 0 Å². The Hall–Kier alpha value is -1.96. The van der Waals surface area contributed by atoms with Crippen molar-refractivity contribution in [1.82, 2.24) is 0 Å². The number of benzene rings is 2. The maximum absolute atomic E-state index is 5.67. The predicted molar refractivity (Wildman–Crippen MR) is 70.6 cm³/mol. The molecule has 0 aliphatic rings. The van der Waals surface area contributed by atoms with Crippen molar-refractivity contribution in [2.24, 2.45) is 0 Å². The first-order valence-corrected chi connectivity index (χ1v) is 5.30. The van der Waals surface area contributed by atoms with Crippen molar-refractivity contribution in [3.05, 3.63) is 48.5 Å². The number of hydrogen-bond donors (Lipinski definition) is 1. The van der Waals surface area contributed by atoms with Gasteiger partial charge in [0, 0.05) is 25.5 Å². The van der Waals surface area contributed by atoms with E-state index in [-0.39, 0.29) is 0 Å². The minimum atomic E-state index is 0.799. The second kappa shape index (κ2) is 4.27. The minimum Gasteiger partial charge on any atom is -0.399 e. The van der Waals surface area contributed by atoms with E-state index < -0.39 is 0 Å². The van der Waals surface area contributed by atoms with Crippen LogP contribution in [0.2, 0.25) is 0 Å². The first-order chi connectivity index (χ1) is 7.66. The summed E-state index contributed by atoms with van der Waals surface area (Å²) in [6.45, 7) is 0. The van der Waals surface area contributed by atoms with Crippen molar-refractivity contribution >= 4 is 11.4 Å². The van der Waals surface area contributed by atoms with E-state index in [1.807, 2.05) is 38.4 Å². The standard InChI is InChI=1S/C14H16N2/c1-16(2)14-5-3-4-12(10-14)11-6-8-13(15)9-7-11/h3-10H,15H2,1-2H3. The van der Waals surface area contributed by atoms with Crippen LogP contribution in [-0.4, -0.2) is 14.1 Å². The number of nitrogens with two attached hydrogens (primary N) is 1. The molecule has 0 spiro atoms. The van der Waals surface area contributed by atoms with E-state index >= 15 is 0 Å². The van der Waals surface area contributed by atoms with Gasteiger partial charge in [0.1, 0.15) is 0 Å². The van der Waals surface area contributed by atoms with Gasteiger partial charge in [-0.2, -0.15) is 0 Å². The van der Waals surface area contributed by atoms with Crippen LogP contribution in [0.1, 0.15) is 0 Å². The molecule has 2 aromatic carbocycles. The summed E-state index contributed by atoms with van der Waals surface area (Å²) in [7, 11) is 4.09. The summed E-state index contributed by atoms with van der Waals surface area (Å²) in [6, 6.07) is 16.4. The molecular formula is C14H16N2. The van der Waals surface area contributed by atoms with Crippen LogP contribution in [0, 0.1) is 0 Å². The molecule has 0 bridgehead atoms. The molecule has 16 heavy (non-hydrogen) atoms. The number of hydrogen-bond acceptors (Lipinski definition) is 2. The Morgan fingerprint density at radius 2 is 1.56 bits per heavy atom. The fourth-order valence-electron chi connectivity index (χ4n) is 1.64. The number of nitrogen functional groups attached to an aromatic ring is 1. The van der Waals surface area contributed by atoms with Crippen LogP contribution < -0.4 is 10.6 Å². The van der Waals surface area contributed by atoms with Gasteiger partial charge in [-0.05, 0) is 35.4 Å². The highest BCUT2D eigenvalue weighted by atomic mass is 15.1. The van der Waals surface area contributed by atoms with Crippen molar-refractivity contribution in [1.29, 1.82) is 0 Å². The van der Waals surface area contributed by atoms with E-state index in [0.717, 1.165) is 5.69 Å². The SMILES string of the molecule is CN(C)c1cccc(-c2ccc(N)cc2)c1.